The lowest BCUT2D eigenvalue weighted by molar-refractivity contribution is -0.0000303. The summed E-state index contributed by atoms with van der Waals surface area (Å²) in [6, 6.07) is 137. The van der Waals surface area contributed by atoms with Crippen LogP contribution in [0.25, 0.3) is 158 Å². The van der Waals surface area contributed by atoms with Crippen molar-refractivity contribution in [2.75, 3.05) is 0 Å². The largest absolute Gasteiger partial charge is 1.00 e. The van der Waals surface area contributed by atoms with Gasteiger partial charge in [-0.15, -0.1) is 0 Å². The van der Waals surface area contributed by atoms with Crippen LogP contribution < -0.4 is 34.9 Å². The van der Waals surface area contributed by atoms with Crippen molar-refractivity contribution in [3.63, 3.8) is 0 Å². The number of aromatic nitrogens is 9. The third-order valence-corrected chi connectivity index (χ3v) is 23.7. The van der Waals surface area contributed by atoms with Crippen molar-refractivity contribution in [3.05, 3.63) is 449 Å². The SMILES string of the molecule is Brc1cccc(-c2nc(-c3ccccc3)nc(-c3ccccc3)n2)c1.CC1(C)c2ccccc2-c2cccc(-c3cccc(-c4cccc(-c5nc(-c6ccccc6)nc(-c6ccccc6)n5)c4)c3)c21.CC1(C)c2ccccc2-c2cccc(B(O)O)c21.Clc1cccc(-c2cccc(-c3nc(-c4ccccc4)nc(-c4ccccc4)n3)c2)c1.OB(O)c1cccc(Cl)c1.[I-]. The van der Waals surface area contributed by atoms with E-state index in [-0.39, 0.29) is 34.8 Å². The summed E-state index contributed by atoms with van der Waals surface area (Å²) in [5.74, 6) is 5.91. The van der Waals surface area contributed by atoms with Gasteiger partial charge in [-0.05, 0) is 143 Å². The van der Waals surface area contributed by atoms with Crippen molar-refractivity contribution in [3.8, 4) is 158 Å². The van der Waals surface area contributed by atoms with Crippen molar-refractivity contribution in [1.82, 2.24) is 44.9 Å². The van der Waals surface area contributed by atoms with Gasteiger partial charge in [-0.1, -0.05) is 425 Å². The zero-order valence-electron chi connectivity index (χ0n) is 71.2. The Morgan fingerprint density at radius 2 is 0.477 bits per heavy atom. The van der Waals surface area contributed by atoms with Crippen LogP contribution in [0.15, 0.2) is 417 Å². The van der Waals surface area contributed by atoms with E-state index >= 15 is 0 Å². The Morgan fingerprint density at radius 3 is 0.831 bits per heavy atom. The zero-order chi connectivity index (χ0) is 89.0. The quantitative estimate of drug-likeness (QED) is 0.0593. The molecule has 0 fully saturated rings. The van der Waals surface area contributed by atoms with Gasteiger partial charge >= 0.3 is 14.2 Å². The molecule has 4 N–H and O–H groups in total. The second-order valence-electron chi connectivity index (χ2n) is 32.0. The van der Waals surface area contributed by atoms with Crippen LogP contribution in [0.5, 0.6) is 0 Å². The van der Waals surface area contributed by atoms with Crippen LogP contribution in [-0.4, -0.2) is 79.2 Å². The average Bonchev–Trinajstić information content (AvgIpc) is 1.57. The predicted octanol–water partition coefficient (Wildman–Crippen LogP) is 22.0. The van der Waals surface area contributed by atoms with Crippen molar-refractivity contribution >= 4 is 64.3 Å². The van der Waals surface area contributed by atoms with Crippen LogP contribution >= 0.6 is 39.1 Å². The van der Waals surface area contributed by atoms with Gasteiger partial charge in [0.25, 0.3) is 0 Å². The van der Waals surface area contributed by atoms with Gasteiger partial charge in [0, 0.05) is 75.4 Å². The summed E-state index contributed by atoms with van der Waals surface area (Å²) in [6.45, 7) is 8.94. The molecule has 2 aliphatic rings. The van der Waals surface area contributed by atoms with Gasteiger partial charge in [-0.2, -0.15) is 0 Å². The molecule has 0 amide bonds. The Kier molecular flexibility index (Phi) is 28.1. The Bertz CT molecular complexity index is 7030. The molecule has 16 aromatic carbocycles. The molecule has 13 nitrogen and oxygen atoms in total. The molecule has 632 valence electrons. The van der Waals surface area contributed by atoms with Gasteiger partial charge in [0.05, 0.1) is 0 Å². The number of hydrogen-bond acceptors (Lipinski definition) is 13. The van der Waals surface area contributed by atoms with E-state index < -0.39 is 14.2 Å². The predicted molar refractivity (Wildman–Crippen MR) is 530 cm³/mol. The molecule has 21 rings (SSSR count). The van der Waals surface area contributed by atoms with E-state index in [1.54, 1.807) is 24.3 Å². The monoisotopic (exact) mass is 1900 g/mol. The molecule has 0 saturated carbocycles. The highest BCUT2D eigenvalue weighted by Gasteiger charge is 2.40. The van der Waals surface area contributed by atoms with Gasteiger partial charge in [0.1, 0.15) is 0 Å². The first kappa shape index (κ1) is 89.7. The fourth-order valence-electron chi connectivity index (χ4n) is 16.5. The minimum Gasteiger partial charge on any atom is -1.00 e. The summed E-state index contributed by atoms with van der Waals surface area (Å²) in [4.78, 5) is 43.2. The molecule has 0 spiro atoms. The first-order valence-corrected chi connectivity index (χ1v) is 43.8. The first-order chi connectivity index (χ1) is 62.8. The smallest absolute Gasteiger partial charge is 0.488 e. The highest BCUT2D eigenvalue weighted by molar-refractivity contribution is 9.10. The van der Waals surface area contributed by atoms with Crippen LogP contribution in [-0.2, 0) is 10.8 Å². The van der Waals surface area contributed by atoms with E-state index in [1.807, 2.05) is 261 Å². The average molecular weight is 1910 g/mol. The molecule has 19 aromatic rings. The summed E-state index contributed by atoms with van der Waals surface area (Å²) in [5.41, 5.74) is 26.3. The lowest BCUT2D eigenvalue weighted by atomic mass is 9.69. The van der Waals surface area contributed by atoms with Gasteiger partial charge < -0.3 is 44.1 Å². The zero-order valence-corrected chi connectivity index (χ0v) is 76.5. The number of hydrogen-bond donors (Lipinski definition) is 4. The van der Waals surface area contributed by atoms with E-state index in [0.29, 0.717) is 73.4 Å². The van der Waals surface area contributed by atoms with E-state index in [2.05, 4.69) is 170 Å². The Labute approximate surface area is 792 Å². The van der Waals surface area contributed by atoms with E-state index in [1.165, 1.54) is 50.6 Å². The van der Waals surface area contributed by atoms with Crippen LogP contribution in [0.2, 0.25) is 10.0 Å². The maximum atomic E-state index is 9.55. The molecule has 0 unspecified atom stereocenters. The fourth-order valence-corrected chi connectivity index (χ4v) is 17.3. The van der Waals surface area contributed by atoms with Crippen molar-refractivity contribution < 1.29 is 44.1 Å². The number of rotatable bonds is 14. The van der Waals surface area contributed by atoms with Gasteiger partial charge in [-0.25, -0.2) is 44.9 Å². The second-order valence-corrected chi connectivity index (χ2v) is 33.8. The molecule has 0 atom stereocenters. The Balaban J connectivity index is 0.000000127. The summed E-state index contributed by atoms with van der Waals surface area (Å²) in [6.07, 6.45) is 0. The minimum atomic E-state index is -1.43. The summed E-state index contributed by atoms with van der Waals surface area (Å²) < 4.78 is 0.993. The first-order valence-electron chi connectivity index (χ1n) is 42.2. The van der Waals surface area contributed by atoms with E-state index in [0.717, 1.165) is 87.9 Å². The lowest BCUT2D eigenvalue weighted by Crippen LogP contribution is -3.00. The van der Waals surface area contributed by atoms with Crippen LogP contribution in [0.4, 0.5) is 0 Å². The van der Waals surface area contributed by atoms with E-state index in [9.17, 15) is 10.0 Å². The number of benzene rings is 16. The van der Waals surface area contributed by atoms with Gasteiger partial charge in [-0.3, -0.25) is 0 Å². The van der Waals surface area contributed by atoms with Crippen LogP contribution in [0.3, 0.4) is 0 Å². The third-order valence-electron chi connectivity index (χ3n) is 22.7. The maximum absolute atomic E-state index is 9.55. The molecule has 0 bridgehead atoms. The molecule has 19 heteroatoms. The summed E-state index contributed by atoms with van der Waals surface area (Å²) in [7, 11) is -2.85. The fraction of sp³-hybridized carbons (Fsp3) is 0.0541. The molecule has 130 heavy (non-hydrogen) atoms. The minimum absolute atomic E-state index is 0. The molecular formula is C111H84B2BrCl2IN9O4-. The molecule has 3 heterocycles. The highest BCUT2D eigenvalue weighted by atomic mass is 127. The van der Waals surface area contributed by atoms with Crippen molar-refractivity contribution in [2.24, 2.45) is 0 Å². The Hall–Kier alpha value is -13.7. The van der Waals surface area contributed by atoms with E-state index in [4.69, 9.17) is 73.1 Å². The molecule has 2 aliphatic carbocycles. The number of halogens is 4. The molecule has 3 aromatic heterocycles. The number of nitrogens with zero attached hydrogens (tertiary/aromatic N) is 9. The molecule has 0 radical (unpaired) electrons. The summed E-state index contributed by atoms with van der Waals surface area (Å²) in [5, 5.41) is 37.6. The van der Waals surface area contributed by atoms with Gasteiger partial charge in [0.15, 0.2) is 52.4 Å². The van der Waals surface area contributed by atoms with Crippen molar-refractivity contribution in [1.29, 1.82) is 0 Å². The Morgan fingerprint density at radius 1 is 0.223 bits per heavy atom. The topological polar surface area (TPSA) is 197 Å². The third kappa shape index (κ3) is 20.4. The number of fused-ring (bicyclic) bond motifs is 6. The normalized spacial score (nSPS) is 11.9. The van der Waals surface area contributed by atoms with Gasteiger partial charge in [0.2, 0.25) is 0 Å². The van der Waals surface area contributed by atoms with Crippen LogP contribution in [0.1, 0.15) is 49.9 Å². The van der Waals surface area contributed by atoms with Crippen molar-refractivity contribution in [2.45, 2.75) is 38.5 Å². The lowest BCUT2D eigenvalue weighted by Gasteiger charge is -2.24. The maximum Gasteiger partial charge on any atom is 0.488 e. The van der Waals surface area contributed by atoms with Crippen LogP contribution in [0, 0.1) is 0 Å². The molecule has 0 aliphatic heterocycles. The second kappa shape index (κ2) is 40.7. The molecule has 0 saturated heterocycles. The standard InChI is InChI=1S/C42H31N3.C27H18ClN3.C21H14BrN3.C15H15BO2.C6H6BClO2.HI/c1-42(2)37-25-10-9-22-35(37)36-24-13-23-34(38(36)42)32-20-11-18-30(26-32)31-19-12-21-33(27-31)41-44-39(28-14-5-3-6-15-28)43-40(45-41)29-16-7-4-8-17-29;28-24-16-8-14-22(18-24)21-13-7-15-23(17-21)27-30-25(19-9-3-1-4-10-19)29-26(31-27)20-11-5-2-6-12-20;22-18-13-7-12-17(14-18)21-24-19(15-8-3-1-4-9-15)23-20(25-21)16-10-5-2-6-11-16;1-15(2)12-8-4-3-6-10(12)11-7-5-9-13(14(11)15)16(17)18;8-6-3-1-2-5(4-6)7(9)10;/h3-27H,1-2H3;1-18H;1-14H;3-9,17-18H,1-2H3;1-4,9-10H;1H/p-1. The molecular weight excluding hydrogens is 1820 g/mol. The highest BCUT2D eigenvalue weighted by Crippen LogP contribution is 2.53. The summed E-state index contributed by atoms with van der Waals surface area (Å²) >= 11 is 15.3.